The third kappa shape index (κ3) is 24.2. The Balaban J connectivity index is 1.69. The number of amides is 2. The van der Waals surface area contributed by atoms with Crippen LogP contribution >= 0.6 is 0 Å². The molecule has 14 N–H and O–H groups in total. The van der Waals surface area contributed by atoms with Crippen molar-refractivity contribution in [2.24, 2.45) is 0 Å². The predicted octanol–water partition coefficient (Wildman–Crippen LogP) is 2.39. The Hall–Kier alpha value is -2.53. The maximum Gasteiger partial charge on any atom is 0.364 e. The SMILES string of the molecule is CCCCCCCCCCCCCC/C=C/C(O)C(COC1OC(CO)C(OC2OC(CO)C(O)C(OC3(C(=O)O)CC(O)C(NC(C)=O)C(C(O)C(O)CO)O3)C2O)C(O)C1O)NC(=O)CCCCCCCCCCCCCC. The molecule has 80 heavy (non-hydrogen) atoms. The molecule has 0 bridgehead atoms. The molecule has 3 rings (SSSR count). The molecule has 0 aromatic rings. The highest BCUT2D eigenvalue weighted by Crippen LogP contribution is 2.38. The lowest BCUT2D eigenvalue weighted by Crippen LogP contribution is -2.70. The van der Waals surface area contributed by atoms with Crippen LogP contribution in [0.5, 0.6) is 0 Å². The van der Waals surface area contributed by atoms with Crippen molar-refractivity contribution in [3.8, 4) is 0 Å². The molecule has 3 aliphatic rings. The average molecular weight is 1150 g/mol. The predicted molar refractivity (Wildman–Crippen MR) is 292 cm³/mol. The minimum absolute atomic E-state index is 0.203. The third-order valence-electron chi connectivity index (χ3n) is 15.5. The molecule has 0 saturated carbocycles. The molecular weight excluding hydrogens is 1050 g/mol. The van der Waals surface area contributed by atoms with Gasteiger partial charge in [-0.15, -0.1) is 0 Å². The van der Waals surface area contributed by atoms with E-state index in [0.29, 0.717) is 12.8 Å². The number of carboxylic acids is 1. The van der Waals surface area contributed by atoms with E-state index in [9.17, 15) is 75.7 Å². The van der Waals surface area contributed by atoms with Crippen molar-refractivity contribution >= 4 is 17.8 Å². The van der Waals surface area contributed by atoms with Crippen LogP contribution in [0, 0.1) is 0 Å². The number of carbonyl (C=O) groups excluding carboxylic acids is 2. The van der Waals surface area contributed by atoms with Crippen LogP contribution in [0.4, 0.5) is 0 Å². The van der Waals surface area contributed by atoms with Gasteiger partial charge in [0.15, 0.2) is 12.6 Å². The number of carboxylic acid groups (broad SMARTS) is 1. The summed E-state index contributed by atoms with van der Waals surface area (Å²) in [6.07, 6.45) is 2.85. The van der Waals surface area contributed by atoms with Crippen LogP contribution in [-0.2, 0) is 42.8 Å². The summed E-state index contributed by atoms with van der Waals surface area (Å²) in [4.78, 5) is 38.3. The van der Waals surface area contributed by atoms with Crippen LogP contribution < -0.4 is 10.6 Å². The second kappa shape index (κ2) is 39.9. The fourth-order valence-electron chi connectivity index (χ4n) is 10.6. The fourth-order valence-corrected chi connectivity index (χ4v) is 10.6. The third-order valence-corrected chi connectivity index (χ3v) is 15.5. The molecule has 18 atom stereocenters. The molecule has 0 aromatic carbocycles. The number of hydrogen-bond donors (Lipinski definition) is 14. The Morgan fingerprint density at radius 2 is 1.16 bits per heavy atom. The van der Waals surface area contributed by atoms with Crippen molar-refractivity contribution in [2.75, 3.05) is 26.4 Å². The van der Waals surface area contributed by atoms with Crippen molar-refractivity contribution < 1.29 is 104 Å². The molecular formula is C57H104N2O21. The van der Waals surface area contributed by atoms with Gasteiger partial charge in [-0.1, -0.05) is 167 Å². The quantitative estimate of drug-likeness (QED) is 0.0308. The summed E-state index contributed by atoms with van der Waals surface area (Å²) in [5, 5.41) is 135. The largest absolute Gasteiger partial charge is 0.477 e. The minimum Gasteiger partial charge on any atom is -0.477 e. The highest BCUT2D eigenvalue weighted by Gasteiger charge is 2.60. The van der Waals surface area contributed by atoms with E-state index >= 15 is 0 Å². The number of aliphatic hydroxyl groups is 11. The monoisotopic (exact) mass is 1150 g/mol. The van der Waals surface area contributed by atoms with E-state index in [-0.39, 0.29) is 12.3 Å². The van der Waals surface area contributed by atoms with Crippen LogP contribution in [0.25, 0.3) is 0 Å². The van der Waals surface area contributed by atoms with Gasteiger partial charge in [-0.3, -0.25) is 9.59 Å². The molecule has 468 valence electrons. The second-order valence-corrected chi connectivity index (χ2v) is 22.2. The molecule has 3 aliphatic heterocycles. The first-order valence-corrected chi connectivity index (χ1v) is 30.1. The van der Waals surface area contributed by atoms with Crippen molar-refractivity contribution in [1.82, 2.24) is 10.6 Å². The summed E-state index contributed by atoms with van der Waals surface area (Å²) >= 11 is 0. The van der Waals surface area contributed by atoms with E-state index in [0.717, 1.165) is 51.9 Å². The van der Waals surface area contributed by atoms with Gasteiger partial charge in [0.05, 0.1) is 50.7 Å². The van der Waals surface area contributed by atoms with Crippen LogP contribution in [0.2, 0.25) is 0 Å². The van der Waals surface area contributed by atoms with Crippen LogP contribution in [0.1, 0.15) is 194 Å². The summed E-state index contributed by atoms with van der Waals surface area (Å²) in [5.74, 6) is -6.14. The Labute approximate surface area is 473 Å². The summed E-state index contributed by atoms with van der Waals surface area (Å²) < 4.78 is 34.6. The number of nitrogens with one attached hydrogen (secondary N) is 2. The number of aliphatic carboxylic acids is 1. The first kappa shape index (κ1) is 71.7. The standard InChI is InChI=1S/C57H104N2O21/c1-4-6-8-10-12-14-16-18-19-20-22-24-26-28-30-39(64)38(59-44(67)31-29-27-25-23-21-17-15-13-11-9-7-5-2)36-75-54-49(71)48(70)51(43(35-62)77-54)78-55-50(72)53(47(69)42(34-61)76-55)80-57(56(73)74)32-40(65)45(58-37(3)63)52(79-57)46(68)41(66)33-60/h28,30,38-43,45-55,60-62,64-66,68-72H,4-27,29,31-36H2,1-3H3,(H,58,63)(H,59,67)(H,73,74)/b30-28+. The zero-order chi connectivity index (χ0) is 59.0. The molecule has 0 spiro atoms. The first-order valence-electron chi connectivity index (χ1n) is 30.1. The summed E-state index contributed by atoms with van der Waals surface area (Å²) in [6.45, 7) is 2.08. The zero-order valence-corrected chi connectivity index (χ0v) is 47.9. The minimum atomic E-state index is -3.08. The normalized spacial score (nSPS) is 30.7. The lowest BCUT2D eigenvalue weighted by atomic mass is 9.88. The highest BCUT2D eigenvalue weighted by molar-refractivity contribution is 5.77. The molecule has 18 unspecified atom stereocenters. The molecule has 3 heterocycles. The van der Waals surface area contributed by atoms with Crippen molar-refractivity contribution in [1.29, 1.82) is 0 Å². The maximum atomic E-state index is 13.3. The van der Waals surface area contributed by atoms with Gasteiger partial charge in [-0.05, 0) is 19.3 Å². The van der Waals surface area contributed by atoms with Gasteiger partial charge >= 0.3 is 5.97 Å². The summed E-state index contributed by atoms with van der Waals surface area (Å²) in [5.41, 5.74) is 0. The van der Waals surface area contributed by atoms with Crippen LogP contribution in [0.3, 0.4) is 0 Å². The van der Waals surface area contributed by atoms with E-state index < -0.39 is 155 Å². The maximum absolute atomic E-state index is 13.3. The van der Waals surface area contributed by atoms with Gasteiger partial charge in [0.1, 0.15) is 67.1 Å². The molecule has 0 aromatic heterocycles. The number of aliphatic hydroxyl groups excluding tert-OH is 11. The van der Waals surface area contributed by atoms with E-state index in [2.05, 4.69) is 24.5 Å². The Morgan fingerprint density at radius 3 is 1.66 bits per heavy atom. The molecule has 23 nitrogen and oxygen atoms in total. The van der Waals surface area contributed by atoms with Crippen molar-refractivity contribution in [2.45, 2.75) is 304 Å². The number of carbonyl (C=O) groups is 3. The first-order chi connectivity index (χ1) is 38.4. The van der Waals surface area contributed by atoms with Gasteiger partial charge in [0.2, 0.25) is 11.8 Å². The molecule has 2 amide bonds. The molecule has 3 fully saturated rings. The summed E-state index contributed by atoms with van der Waals surface area (Å²) in [6, 6.07) is -2.61. The van der Waals surface area contributed by atoms with Crippen LogP contribution in [0.15, 0.2) is 12.2 Å². The molecule has 0 aliphatic carbocycles. The smallest absolute Gasteiger partial charge is 0.364 e. The highest BCUT2D eigenvalue weighted by atomic mass is 16.8. The number of allylic oxidation sites excluding steroid dienone is 1. The van der Waals surface area contributed by atoms with E-state index in [1.165, 1.54) is 103 Å². The van der Waals surface area contributed by atoms with Gasteiger partial charge in [0, 0.05) is 19.8 Å². The number of unbranched alkanes of at least 4 members (excludes halogenated alkanes) is 23. The lowest BCUT2D eigenvalue weighted by molar-refractivity contribution is -0.386. The zero-order valence-electron chi connectivity index (χ0n) is 47.9. The number of ether oxygens (including phenoxy) is 6. The van der Waals surface area contributed by atoms with Crippen molar-refractivity contribution in [3.05, 3.63) is 12.2 Å². The van der Waals surface area contributed by atoms with Crippen molar-refractivity contribution in [3.63, 3.8) is 0 Å². The van der Waals surface area contributed by atoms with Crippen LogP contribution in [-0.4, -0.2) is 215 Å². The summed E-state index contributed by atoms with van der Waals surface area (Å²) in [7, 11) is 0. The van der Waals surface area contributed by atoms with E-state index in [4.69, 9.17) is 28.4 Å². The Bertz CT molecular complexity index is 1700. The number of hydrogen-bond acceptors (Lipinski definition) is 20. The Morgan fingerprint density at radius 1 is 0.650 bits per heavy atom. The van der Waals surface area contributed by atoms with Gasteiger partial charge < -0.3 is 100 Å². The number of rotatable bonds is 43. The fraction of sp³-hybridized carbons (Fsp3) is 0.912. The molecule has 3 saturated heterocycles. The Kier molecular flexibility index (Phi) is 35.8. The van der Waals surface area contributed by atoms with E-state index in [1.54, 1.807) is 6.08 Å². The van der Waals surface area contributed by atoms with Gasteiger partial charge in [-0.2, -0.15) is 0 Å². The second-order valence-electron chi connectivity index (χ2n) is 22.2. The average Bonchev–Trinajstić information content (AvgIpc) is 3.63. The molecule has 0 radical (unpaired) electrons. The van der Waals surface area contributed by atoms with E-state index in [1.807, 2.05) is 6.08 Å². The molecule has 23 heteroatoms. The van der Waals surface area contributed by atoms with Gasteiger partial charge in [0.25, 0.3) is 5.79 Å². The lowest BCUT2D eigenvalue weighted by Gasteiger charge is -2.50. The van der Waals surface area contributed by atoms with Gasteiger partial charge in [-0.25, -0.2) is 4.79 Å². The topological polar surface area (TPSA) is 373 Å².